The maximum Gasteiger partial charge on any atom is 0.320 e. The third kappa shape index (κ3) is 12.1. The number of para-hydroxylation sites is 1. The molecule has 0 unspecified atom stereocenters. The van der Waals surface area contributed by atoms with Crippen LogP contribution in [0.2, 0.25) is 0 Å². The molecule has 0 amide bonds. The number of aliphatic carboxylic acids is 3. The monoisotopic (exact) mass is 453 g/mol. The number of hydrogen-bond donors (Lipinski definition) is 9. The number of guanidine groups is 1. The minimum atomic E-state index is -1.00. The zero-order valence-corrected chi connectivity index (χ0v) is 17.5. The summed E-state index contributed by atoms with van der Waals surface area (Å²) in [6.07, 6.45) is 3.12. The van der Waals surface area contributed by atoms with Crippen molar-refractivity contribution in [2.24, 2.45) is 33.7 Å². The molecule has 0 spiro atoms. The molecule has 1 heterocycles. The highest BCUT2D eigenvalue weighted by molar-refractivity contribution is 5.84. The van der Waals surface area contributed by atoms with Gasteiger partial charge in [0.25, 0.3) is 0 Å². The molecule has 0 aliphatic rings. The molecule has 1 aromatic heterocycles. The van der Waals surface area contributed by atoms with Crippen LogP contribution < -0.4 is 28.7 Å². The number of carboxylic acid groups (broad SMARTS) is 3. The second-order valence-corrected chi connectivity index (χ2v) is 6.50. The lowest BCUT2D eigenvalue weighted by molar-refractivity contribution is -0.139. The fourth-order valence-electron chi connectivity index (χ4n) is 2.27. The van der Waals surface area contributed by atoms with Gasteiger partial charge < -0.3 is 49.0 Å². The molecular weight excluding hydrogens is 422 g/mol. The summed E-state index contributed by atoms with van der Waals surface area (Å²) in [6, 6.07) is 6.09. The van der Waals surface area contributed by atoms with Crippen LogP contribution in [0.1, 0.15) is 18.4 Å². The topological polar surface area (TPSA) is 270 Å². The predicted octanol–water partition coefficient (Wildman–Crippen LogP) is -1.40. The number of rotatable bonds is 9. The summed E-state index contributed by atoms with van der Waals surface area (Å²) in [5, 5.41) is 25.7. The molecule has 0 saturated heterocycles. The van der Waals surface area contributed by atoms with Gasteiger partial charge in [-0.3, -0.25) is 19.4 Å². The Morgan fingerprint density at radius 1 is 1.00 bits per heavy atom. The third-order valence-electron chi connectivity index (χ3n) is 3.89. The highest BCUT2D eigenvalue weighted by Gasteiger charge is 2.14. The fourth-order valence-corrected chi connectivity index (χ4v) is 2.27. The fraction of sp³-hybridized carbons (Fsp3) is 0.368. The van der Waals surface area contributed by atoms with Gasteiger partial charge in [-0.15, -0.1) is 0 Å². The molecule has 0 fully saturated rings. The molecule has 2 atom stereocenters. The van der Waals surface area contributed by atoms with Crippen LogP contribution in [0.15, 0.2) is 35.5 Å². The highest BCUT2D eigenvalue weighted by Crippen LogP contribution is 2.18. The molecule has 13 heteroatoms. The van der Waals surface area contributed by atoms with Crippen LogP contribution in [0, 0.1) is 0 Å². The third-order valence-corrected chi connectivity index (χ3v) is 3.89. The van der Waals surface area contributed by atoms with Gasteiger partial charge in [0.1, 0.15) is 12.1 Å². The van der Waals surface area contributed by atoms with Crippen molar-refractivity contribution in [2.45, 2.75) is 31.3 Å². The van der Waals surface area contributed by atoms with E-state index in [2.05, 4.69) is 15.7 Å². The number of H-pyrrole nitrogens is 1. The molecule has 2 aromatic rings. The van der Waals surface area contributed by atoms with Crippen molar-refractivity contribution in [3.05, 3.63) is 36.0 Å². The Balaban J connectivity index is 0.000000508. The number of nitrogens with one attached hydrogen (secondary N) is 1. The number of nitrogens with two attached hydrogens (primary N) is 5. The number of nitrogens with zero attached hydrogens (tertiary/aromatic N) is 1. The van der Waals surface area contributed by atoms with Crippen molar-refractivity contribution in [1.29, 1.82) is 0 Å². The average Bonchev–Trinajstić information content (AvgIpc) is 3.14. The van der Waals surface area contributed by atoms with Gasteiger partial charge in [0.2, 0.25) is 0 Å². The van der Waals surface area contributed by atoms with E-state index in [4.69, 9.17) is 38.3 Å². The van der Waals surface area contributed by atoms with Crippen LogP contribution in [-0.2, 0) is 20.8 Å². The minimum Gasteiger partial charge on any atom is -0.480 e. The van der Waals surface area contributed by atoms with Gasteiger partial charge in [-0.2, -0.15) is 0 Å². The van der Waals surface area contributed by atoms with Gasteiger partial charge in [-0.25, -0.2) is 0 Å². The zero-order valence-electron chi connectivity index (χ0n) is 17.5. The van der Waals surface area contributed by atoms with E-state index >= 15 is 0 Å². The molecule has 32 heavy (non-hydrogen) atoms. The van der Waals surface area contributed by atoms with Crippen molar-refractivity contribution < 1.29 is 29.7 Å². The van der Waals surface area contributed by atoms with E-state index in [0.717, 1.165) is 16.5 Å². The van der Waals surface area contributed by atoms with Crippen LogP contribution in [0.5, 0.6) is 0 Å². The van der Waals surface area contributed by atoms with E-state index in [0.29, 0.717) is 25.8 Å². The summed E-state index contributed by atoms with van der Waals surface area (Å²) in [5.41, 5.74) is 27.3. The van der Waals surface area contributed by atoms with Crippen molar-refractivity contribution in [1.82, 2.24) is 4.98 Å². The number of carboxylic acids is 3. The number of fused-ring (bicyclic) bond motifs is 1. The number of aromatic amines is 1. The molecule has 1 aromatic carbocycles. The number of aromatic nitrogens is 1. The van der Waals surface area contributed by atoms with Gasteiger partial charge >= 0.3 is 17.9 Å². The molecule has 14 N–H and O–H groups in total. The smallest absolute Gasteiger partial charge is 0.320 e. The summed E-state index contributed by atoms with van der Waals surface area (Å²) in [6.45, 7) is 0.142. The minimum absolute atomic E-state index is 0.0129. The van der Waals surface area contributed by atoms with E-state index in [1.165, 1.54) is 0 Å². The second kappa shape index (κ2) is 15.2. The molecular formula is C19H31N7O6. The lowest BCUT2D eigenvalue weighted by atomic mass is 10.1. The first-order valence-electron chi connectivity index (χ1n) is 9.48. The van der Waals surface area contributed by atoms with E-state index < -0.39 is 30.0 Å². The molecule has 2 rings (SSSR count). The van der Waals surface area contributed by atoms with Crippen LogP contribution in [-0.4, -0.2) is 69.3 Å². The largest absolute Gasteiger partial charge is 0.480 e. The maximum absolute atomic E-state index is 10.6. The highest BCUT2D eigenvalue weighted by atomic mass is 16.4. The summed E-state index contributed by atoms with van der Waals surface area (Å²) < 4.78 is 0. The number of aliphatic imine (C=N–C) groups is 1. The molecule has 0 saturated carbocycles. The van der Waals surface area contributed by atoms with Gasteiger partial charge in [-0.05, 0) is 24.5 Å². The Kier molecular flexibility index (Phi) is 13.4. The Labute approximate surface area is 184 Å². The van der Waals surface area contributed by atoms with E-state index in [9.17, 15) is 14.4 Å². The van der Waals surface area contributed by atoms with Crippen molar-refractivity contribution in [3.63, 3.8) is 0 Å². The molecule has 0 aliphatic heterocycles. The second-order valence-electron chi connectivity index (χ2n) is 6.50. The van der Waals surface area contributed by atoms with Crippen molar-refractivity contribution in [3.8, 4) is 0 Å². The van der Waals surface area contributed by atoms with Crippen LogP contribution in [0.25, 0.3) is 10.9 Å². The lowest BCUT2D eigenvalue weighted by Gasteiger charge is -2.04. The SMILES string of the molecule is NC(N)=NCCC[C@H](N)C(=O)O.NCC(=O)O.N[C@@H](Cc1c[nH]c2ccccc12)C(=O)O. The van der Waals surface area contributed by atoms with E-state index in [1.807, 2.05) is 30.5 Å². The lowest BCUT2D eigenvalue weighted by Crippen LogP contribution is -2.32. The molecule has 0 bridgehead atoms. The van der Waals surface area contributed by atoms with Crippen LogP contribution in [0.3, 0.4) is 0 Å². The number of hydrogen-bond acceptors (Lipinski definition) is 7. The predicted molar refractivity (Wildman–Crippen MR) is 120 cm³/mol. The van der Waals surface area contributed by atoms with Crippen molar-refractivity contribution in [2.75, 3.05) is 13.1 Å². The Morgan fingerprint density at radius 2 is 1.56 bits per heavy atom. The van der Waals surface area contributed by atoms with Gasteiger partial charge in [0, 0.05) is 30.1 Å². The average molecular weight is 454 g/mol. The molecule has 0 aliphatic carbocycles. The van der Waals surface area contributed by atoms with E-state index in [-0.39, 0.29) is 12.5 Å². The summed E-state index contributed by atoms with van der Waals surface area (Å²) in [4.78, 5) is 36.9. The Morgan fingerprint density at radius 3 is 2.06 bits per heavy atom. The normalized spacial score (nSPS) is 11.7. The van der Waals surface area contributed by atoms with Crippen molar-refractivity contribution >= 4 is 34.8 Å². The first kappa shape index (κ1) is 28.3. The summed E-state index contributed by atoms with van der Waals surface area (Å²) in [7, 11) is 0. The van der Waals surface area contributed by atoms with Crippen LogP contribution >= 0.6 is 0 Å². The maximum atomic E-state index is 10.6. The standard InChI is InChI=1S/C11H12N2O2.C6H14N4O2.C2H5NO2/c12-9(11(14)15)5-7-6-13-10-4-2-1-3-8(7)10;7-4(5(11)12)2-1-3-10-6(8)9;3-1-2(4)5/h1-4,6,9,13H,5,12H2,(H,14,15);4H,1-3,7H2,(H,11,12)(H4,8,9,10);1,3H2,(H,4,5)/t9-;4-;/m00./s1. The molecule has 13 nitrogen and oxygen atoms in total. The summed E-state index contributed by atoms with van der Waals surface area (Å²) >= 11 is 0. The number of benzene rings is 1. The van der Waals surface area contributed by atoms with Gasteiger partial charge in [0.15, 0.2) is 5.96 Å². The van der Waals surface area contributed by atoms with Gasteiger partial charge in [0.05, 0.1) is 6.54 Å². The number of carbonyl (C=O) groups is 3. The Bertz CT molecular complexity index is 895. The summed E-state index contributed by atoms with van der Waals surface area (Å²) in [5.74, 6) is -2.93. The van der Waals surface area contributed by atoms with Gasteiger partial charge in [-0.1, -0.05) is 18.2 Å². The Hall–Kier alpha value is -3.68. The molecule has 178 valence electrons. The zero-order chi connectivity index (χ0) is 24.7. The van der Waals surface area contributed by atoms with Crippen LogP contribution in [0.4, 0.5) is 0 Å². The van der Waals surface area contributed by atoms with E-state index in [1.54, 1.807) is 0 Å². The first-order chi connectivity index (χ1) is 15.0. The molecule has 0 radical (unpaired) electrons. The quantitative estimate of drug-likeness (QED) is 0.121. The first-order valence-corrected chi connectivity index (χ1v) is 9.48.